The number of carbonyl (C=O) groups is 1. The molecule has 34 heavy (non-hydrogen) atoms. The molecule has 0 unspecified atom stereocenters. The van der Waals surface area contributed by atoms with Gasteiger partial charge in [-0.05, 0) is 28.8 Å². The summed E-state index contributed by atoms with van der Waals surface area (Å²) in [5, 5.41) is 22.7. The van der Waals surface area contributed by atoms with Crippen LogP contribution in [0.2, 0.25) is 5.02 Å². The molecule has 8 nitrogen and oxygen atoms in total. The fraction of sp³-hybridized carbons (Fsp3) is 0. The minimum atomic E-state index is -1.08. The molecule has 0 amide bonds. The average molecular weight is 470 g/mol. The molecule has 3 aromatic carbocycles. The third-order valence-electron chi connectivity index (χ3n) is 4.91. The molecule has 1 heterocycles. The molecule has 4 aromatic rings. The SMILES string of the molecule is N#Cc1c(-c2ccccc2)nc(NN=Cc2ccc(-c3ccc(C(=O)O)c(Cl)c3)cc2)[nH]c1=O. The molecule has 0 fully saturated rings. The van der Waals surface area contributed by atoms with Gasteiger partial charge in [0.05, 0.1) is 22.5 Å². The van der Waals surface area contributed by atoms with E-state index in [0.29, 0.717) is 5.56 Å². The lowest BCUT2D eigenvalue weighted by atomic mass is 10.0. The number of nitrogens with zero attached hydrogens (tertiary/aromatic N) is 3. The van der Waals surface area contributed by atoms with Crippen LogP contribution in [0.4, 0.5) is 5.95 Å². The molecule has 9 heteroatoms. The highest BCUT2D eigenvalue weighted by molar-refractivity contribution is 6.33. The number of aromatic nitrogens is 2. The summed E-state index contributed by atoms with van der Waals surface area (Å²) in [6.45, 7) is 0. The van der Waals surface area contributed by atoms with Crippen LogP contribution < -0.4 is 11.0 Å². The number of aromatic carboxylic acids is 1. The van der Waals surface area contributed by atoms with Gasteiger partial charge in [-0.3, -0.25) is 9.78 Å². The van der Waals surface area contributed by atoms with E-state index in [9.17, 15) is 14.9 Å². The molecule has 0 spiro atoms. The van der Waals surface area contributed by atoms with Crippen molar-refractivity contribution < 1.29 is 9.90 Å². The number of hydrazone groups is 1. The highest BCUT2D eigenvalue weighted by atomic mass is 35.5. The number of hydrogen-bond acceptors (Lipinski definition) is 6. The van der Waals surface area contributed by atoms with Gasteiger partial charge in [0, 0.05) is 5.56 Å². The number of carboxylic acids is 1. The van der Waals surface area contributed by atoms with Crippen LogP contribution in [0, 0.1) is 11.3 Å². The predicted octanol–water partition coefficient (Wildman–Crippen LogP) is 4.77. The van der Waals surface area contributed by atoms with Crippen LogP contribution in [0.15, 0.2) is 82.7 Å². The van der Waals surface area contributed by atoms with E-state index in [1.807, 2.05) is 36.4 Å². The van der Waals surface area contributed by atoms with E-state index >= 15 is 0 Å². The van der Waals surface area contributed by atoms with E-state index in [1.54, 1.807) is 42.6 Å². The molecule has 0 atom stereocenters. The second-order valence-electron chi connectivity index (χ2n) is 7.11. The zero-order chi connectivity index (χ0) is 24.1. The summed E-state index contributed by atoms with van der Waals surface area (Å²) in [5.41, 5.74) is 5.41. The maximum Gasteiger partial charge on any atom is 0.337 e. The van der Waals surface area contributed by atoms with Gasteiger partial charge >= 0.3 is 5.97 Å². The monoisotopic (exact) mass is 469 g/mol. The Morgan fingerprint density at radius 1 is 1.06 bits per heavy atom. The van der Waals surface area contributed by atoms with Crippen molar-refractivity contribution in [1.82, 2.24) is 9.97 Å². The highest BCUT2D eigenvalue weighted by Gasteiger charge is 2.13. The summed E-state index contributed by atoms with van der Waals surface area (Å²) in [4.78, 5) is 30.2. The Morgan fingerprint density at radius 3 is 2.41 bits per heavy atom. The number of carboxylic acid groups (broad SMARTS) is 1. The predicted molar refractivity (Wildman–Crippen MR) is 130 cm³/mol. The first kappa shape index (κ1) is 22.5. The summed E-state index contributed by atoms with van der Waals surface area (Å²) < 4.78 is 0. The van der Waals surface area contributed by atoms with Crippen molar-refractivity contribution in [2.24, 2.45) is 5.10 Å². The van der Waals surface area contributed by atoms with Crippen LogP contribution in [0.1, 0.15) is 21.5 Å². The maximum atomic E-state index is 12.3. The fourth-order valence-corrected chi connectivity index (χ4v) is 3.49. The molecule has 0 saturated heterocycles. The van der Waals surface area contributed by atoms with Gasteiger partial charge in [0.2, 0.25) is 5.95 Å². The quantitative estimate of drug-likeness (QED) is 0.275. The number of nitriles is 1. The number of anilines is 1. The lowest BCUT2D eigenvalue weighted by molar-refractivity contribution is 0.0697. The van der Waals surface area contributed by atoms with Crippen molar-refractivity contribution in [3.05, 3.63) is 105 Å². The zero-order valence-corrected chi connectivity index (χ0v) is 18.2. The number of rotatable bonds is 6. The summed E-state index contributed by atoms with van der Waals surface area (Å²) in [6.07, 6.45) is 1.55. The Hall–Kier alpha value is -4.74. The molecule has 0 aliphatic carbocycles. The second kappa shape index (κ2) is 9.81. The third kappa shape index (κ3) is 4.85. The molecule has 0 aliphatic rings. The normalized spacial score (nSPS) is 10.7. The van der Waals surface area contributed by atoms with Crippen molar-refractivity contribution in [2.75, 3.05) is 5.43 Å². The molecular formula is C25H16ClN5O3. The van der Waals surface area contributed by atoms with Gasteiger partial charge in [-0.1, -0.05) is 72.3 Å². The number of aromatic amines is 1. The molecule has 166 valence electrons. The Kier molecular flexibility index (Phi) is 6.48. The van der Waals surface area contributed by atoms with Crippen LogP contribution in [0.25, 0.3) is 22.4 Å². The first-order valence-electron chi connectivity index (χ1n) is 9.98. The van der Waals surface area contributed by atoms with E-state index in [1.165, 1.54) is 6.07 Å². The minimum Gasteiger partial charge on any atom is -0.478 e. The first-order chi connectivity index (χ1) is 16.5. The lowest BCUT2D eigenvalue weighted by Gasteiger charge is -2.06. The van der Waals surface area contributed by atoms with Crippen molar-refractivity contribution in [3.8, 4) is 28.5 Å². The van der Waals surface area contributed by atoms with Gasteiger partial charge in [-0.25, -0.2) is 15.2 Å². The van der Waals surface area contributed by atoms with Gasteiger partial charge in [0.25, 0.3) is 5.56 Å². The van der Waals surface area contributed by atoms with Crippen LogP contribution in [0.5, 0.6) is 0 Å². The molecule has 0 aliphatic heterocycles. The van der Waals surface area contributed by atoms with Gasteiger partial charge in [-0.2, -0.15) is 10.4 Å². The van der Waals surface area contributed by atoms with Gasteiger partial charge in [0.1, 0.15) is 11.6 Å². The summed E-state index contributed by atoms with van der Waals surface area (Å²) in [6, 6.07) is 22.9. The fourth-order valence-electron chi connectivity index (χ4n) is 3.23. The van der Waals surface area contributed by atoms with Gasteiger partial charge < -0.3 is 5.11 Å². The Balaban J connectivity index is 1.52. The van der Waals surface area contributed by atoms with E-state index < -0.39 is 11.5 Å². The third-order valence-corrected chi connectivity index (χ3v) is 5.22. The van der Waals surface area contributed by atoms with E-state index in [4.69, 9.17) is 16.7 Å². The summed E-state index contributed by atoms with van der Waals surface area (Å²) in [7, 11) is 0. The summed E-state index contributed by atoms with van der Waals surface area (Å²) >= 11 is 6.05. The van der Waals surface area contributed by atoms with Crippen molar-refractivity contribution in [3.63, 3.8) is 0 Å². The standard InChI is InChI=1S/C25H16ClN5O3/c26-21-12-18(10-11-19(21)24(33)34)16-8-6-15(7-9-16)14-28-31-25-29-22(17-4-2-1-3-5-17)20(13-27)23(32)30-25/h1-12,14H,(H,33,34)(H2,29,30,31,32). The Morgan fingerprint density at radius 2 is 1.76 bits per heavy atom. The second-order valence-corrected chi connectivity index (χ2v) is 7.51. The highest BCUT2D eigenvalue weighted by Crippen LogP contribution is 2.26. The van der Waals surface area contributed by atoms with E-state index in [0.717, 1.165) is 16.7 Å². The minimum absolute atomic E-state index is 0.0464. The number of hydrogen-bond donors (Lipinski definition) is 3. The van der Waals surface area contributed by atoms with Crippen molar-refractivity contribution in [1.29, 1.82) is 5.26 Å². The Bertz CT molecular complexity index is 1490. The maximum absolute atomic E-state index is 12.3. The molecule has 0 bridgehead atoms. The number of H-pyrrole nitrogens is 1. The van der Waals surface area contributed by atoms with Crippen molar-refractivity contribution >= 4 is 29.7 Å². The van der Waals surface area contributed by atoms with Gasteiger partial charge in [0.15, 0.2) is 0 Å². The van der Waals surface area contributed by atoms with Crippen LogP contribution in [-0.4, -0.2) is 27.3 Å². The molecule has 0 radical (unpaired) electrons. The summed E-state index contributed by atoms with van der Waals surface area (Å²) in [5.74, 6) is -0.978. The number of halogens is 1. The molecule has 3 N–H and O–H groups in total. The molecule has 4 rings (SSSR count). The largest absolute Gasteiger partial charge is 0.478 e. The molecule has 1 aromatic heterocycles. The molecular weight excluding hydrogens is 454 g/mol. The van der Waals surface area contributed by atoms with E-state index in [2.05, 4.69) is 20.5 Å². The lowest BCUT2D eigenvalue weighted by Crippen LogP contribution is -2.16. The van der Waals surface area contributed by atoms with Crippen LogP contribution >= 0.6 is 11.6 Å². The van der Waals surface area contributed by atoms with Crippen molar-refractivity contribution in [2.45, 2.75) is 0 Å². The number of benzene rings is 3. The van der Waals surface area contributed by atoms with Gasteiger partial charge in [-0.15, -0.1) is 0 Å². The smallest absolute Gasteiger partial charge is 0.337 e. The van der Waals surface area contributed by atoms with Crippen LogP contribution in [0.3, 0.4) is 0 Å². The van der Waals surface area contributed by atoms with E-state index in [-0.39, 0.29) is 27.8 Å². The number of nitrogens with one attached hydrogen (secondary N) is 2. The molecule has 0 saturated carbocycles. The topological polar surface area (TPSA) is 131 Å². The zero-order valence-electron chi connectivity index (χ0n) is 17.5. The van der Waals surface area contributed by atoms with Crippen LogP contribution in [-0.2, 0) is 0 Å². The average Bonchev–Trinajstić information content (AvgIpc) is 2.84. The first-order valence-corrected chi connectivity index (χ1v) is 10.4. The Labute approximate surface area is 198 Å².